The number of carbonyl (C=O) groups is 3. The molecule has 0 spiro atoms. The Balaban J connectivity index is 1.20. The summed E-state index contributed by atoms with van der Waals surface area (Å²) in [6.07, 6.45) is 2.28. The Kier molecular flexibility index (Phi) is 9.87. The number of amides is 2. The van der Waals surface area contributed by atoms with Crippen LogP contribution in [0.5, 0.6) is 0 Å². The molecule has 2 amide bonds. The number of halogens is 2. The maximum Gasteiger partial charge on any atom is 0.330 e. The summed E-state index contributed by atoms with van der Waals surface area (Å²) in [6, 6.07) is 14.1. The molecule has 1 aliphatic rings. The van der Waals surface area contributed by atoms with Gasteiger partial charge in [-0.05, 0) is 67.1 Å². The Morgan fingerprint density at radius 2 is 1.50 bits per heavy atom. The Hall–Kier alpha value is -5.59. The van der Waals surface area contributed by atoms with Crippen LogP contribution >= 0.6 is 0 Å². The van der Waals surface area contributed by atoms with Crippen molar-refractivity contribution in [3.8, 4) is 11.1 Å². The lowest BCUT2D eigenvalue weighted by atomic mass is 10.00. The molecule has 1 heterocycles. The van der Waals surface area contributed by atoms with Crippen molar-refractivity contribution in [2.45, 2.75) is 44.7 Å². The van der Waals surface area contributed by atoms with Gasteiger partial charge in [-0.1, -0.05) is 36.4 Å². The number of hydrogen-bond acceptors (Lipinski definition) is 6. The van der Waals surface area contributed by atoms with Gasteiger partial charge in [0.2, 0.25) is 0 Å². The maximum absolute atomic E-state index is 15.0. The SMILES string of the molecule is Cc1c(-c2ccc(C[C@H](NC(=O)c3c(F)cc(NCCc4ccc(C(=O)NC5CC5)cc4)cc3F)C(=O)O)cc2)c(=O)n(C)c(=O)n1C. The zero-order valence-electron chi connectivity index (χ0n) is 26.6. The van der Waals surface area contributed by atoms with Gasteiger partial charge in [0.05, 0.1) is 5.56 Å². The van der Waals surface area contributed by atoms with Crippen LogP contribution in [0.2, 0.25) is 0 Å². The normalized spacial score (nSPS) is 13.1. The van der Waals surface area contributed by atoms with Crippen LogP contribution in [0.4, 0.5) is 14.5 Å². The van der Waals surface area contributed by atoms with Gasteiger partial charge in [0.1, 0.15) is 23.2 Å². The predicted octanol–water partition coefficient (Wildman–Crippen LogP) is 3.31. The van der Waals surface area contributed by atoms with E-state index in [2.05, 4.69) is 16.0 Å². The van der Waals surface area contributed by atoms with Crippen LogP contribution in [0.15, 0.2) is 70.3 Å². The van der Waals surface area contributed by atoms with Crippen LogP contribution in [0.25, 0.3) is 11.1 Å². The summed E-state index contributed by atoms with van der Waals surface area (Å²) in [5.74, 6) is -5.08. The van der Waals surface area contributed by atoms with Crippen molar-refractivity contribution in [2.24, 2.45) is 14.1 Å². The van der Waals surface area contributed by atoms with Crippen LogP contribution < -0.4 is 27.2 Å². The number of nitrogens with one attached hydrogen (secondary N) is 3. The molecule has 3 aromatic carbocycles. The number of carboxylic acids is 1. The molecule has 1 atom stereocenters. The highest BCUT2D eigenvalue weighted by atomic mass is 19.1. The molecular formula is C35H35F2N5O6. The monoisotopic (exact) mass is 659 g/mol. The van der Waals surface area contributed by atoms with Gasteiger partial charge < -0.3 is 25.6 Å². The summed E-state index contributed by atoms with van der Waals surface area (Å²) in [5, 5.41) is 17.8. The molecule has 48 heavy (non-hydrogen) atoms. The summed E-state index contributed by atoms with van der Waals surface area (Å²) in [7, 11) is 2.92. The molecule has 1 aliphatic carbocycles. The molecule has 250 valence electrons. The van der Waals surface area contributed by atoms with E-state index in [9.17, 15) is 37.9 Å². The predicted molar refractivity (Wildman–Crippen MR) is 175 cm³/mol. The summed E-state index contributed by atoms with van der Waals surface area (Å²) < 4.78 is 32.3. The van der Waals surface area contributed by atoms with Gasteiger partial charge in [-0.2, -0.15) is 0 Å². The van der Waals surface area contributed by atoms with Crippen LogP contribution in [-0.4, -0.2) is 50.7 Å². The largest absolute Gasteiger partial charge is 0.480 e. The zero-order chi connectivity index (χ0) is 34.7. The van der Waals surface area contributed by atoms with Gasteiger partial charge in [0, 0.05) is 50.0 Å². The van der Waals surface area contributed by atoms with Crippen molar-refractivity contribution in [2.75, 3.05) is 11.9 Å². The summed E-state index contributed by atoms with van der Waals surface area (Å²) in [4.78, 5) is 62.0. The smallest absolute Gasteiger partial charge is 0.330 e. The molecule has 1 fully saturated rings. The second-order valence-corrected chi connectivity index (χ2v) is 11.9. The number of benzene rings is 3. The molecule has 0 saturated heterocycles. The molecule has 13 heteroatoms. The van der Waals surface area contributed by atoms with Gasteiger partial charge in [0.15, 0.2) is 0 Å². The highest BCUT2D eigenvalue weighted by molar-refractivity contribution is 5.97. The number of aliphatic carboxylic acids is 1. The van der Waals surface area contributed by atoms with E-state index in [4.69, 9.17) is 0 Å². The van der Waals surface area contributed by atoms with Crippen molar-refractivity contribution in [1.82, 2.24) is 19.8 Å². The fourth-order valence-corrected chi connectivity index (χ4v) is 5.31. The fraction of sp³-hybridized carbons (Fsp3) is 0.286. The third-order valence-corrected chi connectivity index (χ3v) is 8.38. The third kappa shape index (κ3) is 7.51. The standard InChI is InChI=1S/C35H35F2N5O6/c1-19-29(33(45)42(3)35(48)41(19)2)22-8-6-21(7-9-22)16-28(34(46)47)40-32(44)30-26(36)17-25(18-27(30)37)38-15-14-20-4-10-23(11-5-20)31(43)39-24-12-13-24/h4-11,17-18,24,28,38H,12-16H2,1-3H3,(H,39,43)(H,40,44)(H,46,47)/t28-/m0/s1. The first-order valence-corrected chi connectivity index (χ1v) is 15.4. The second-order valence-electron chi connectivity index (χ2n) is 11.9. The quantitative estimate of drug-likeness (QED) is 0.182. The number of rotatable bonds is 12. The summed E-state index contributed by atoms with van der Waals surface area (Å²) in [6.45, 7) is 1.95. The van der Waals surface area contributed by atoms with Crippen molar-refractivity contribution in [3.63, 3.8) is 0 Å². The molecule has 4 N–H and O–H groups in total. The average molecular weight is 660 g/mol. The molecule has 11 nitrogen and oxygen atoms in total. The zero-order valence-corrected chi connectivity index (χ0v) is 26.6. The fourth-order valence-electron chi connectivity index (χ4n) is 5.31. The van der Waals surface area contributed by atoms with Gasteiger partial charge in [-0.25, -0.2) is 18.4 Å². The number of hydrogen-bond donors (Lipinski definition) is 4. The van der Waals surface area contributed by atoms with E-state index >= 15 is 0 Å². The van der Waals surface area contributed by atoms with E-state index in [0.717, 1.165) is 35.1 Å². The van der Waals surface area contributed by atoms with E-state index in [1.165, 1.54) is 11.6 Å². The average Bonchev–Trinajstić information content (AvgIpc) is 3.87. The minimum absolute atomic E-state index is 0.0976. The lowest BCUT2D eigenvalue weighted by molar-refractivity contribution is -0.139. The summed E-state index contributed by atoms with van der Waals surface area (Å²) >= 11 is 0. The number of nitrogens with zero attached hydrogens (tertiary/aromatic N) is 2. The number of anilines is 1. The minimum Gasteiger partial charge on any atom is -0.480 e. The van der Waals surface area contributed by atoms with Crippen molar-refractivity contribution < 1.29 is 28.3 Å². The number of aromatic nitrogens is 2. The minimum atomic E-state index is -1.52. The Morgan fingerprint density at radius 1 is 0.896 bits per heavy atom. The molecule has 4 aromatic rings. The highest BCUT2D eigenvalue weighted by Crippen LogP contribution is 2.22. The van der Waals surface area contributed by atoms with E-state index in [1.54, 1.807) is 50.4 Å². The van der Waals surface area contributed by atoms with Gasteiger partial charge in [0.25, 0.3) is 17.4 Å². The lowest BCUT2D eigenvalue weighted by Gasteiger charge is -2.17. The molecule has 1 aromatic heterocycles. The Labute approximate surface area is 274 Å². The van der Waals surface area contributed by atoms with Crippen molar-refractivity contribution >= 4 is 23.5 Å². The molecule has 0 radical (unpaired) electrons. The van der Waals surface area contributed by atoms with Gasteiger partial charge in [-0.3, -0.25) is 19.0 Å². The molecular weight excluding hydrogens is 624 g/mol. The first kappa shape index (κ1) is 33.8. The van der Waals surface area contributed by atoms with Crippen LogP contribution in [0.3, 0.4) is 0 Å². The van der Waals surface area contributed by atoms with Crippen molar-refractivity contribution in [3.05, 3.63) is 121 Å². The van der Waals surface area contributed by atoms with E-state index in [1.807, 2.05) is 12.1 Å². The highest BCUT2D eigenvalue weighted by Gasteiger charge is 2.26. The summed E-state index contributed by atoms with van der Waals surface area (Å²) in [5.41, 5.74) is 1.44. The third-order valence-electron chi connectivity index (χ3n) is 8.38. The van der Waals surface area contributed by atoms with Gasteiger partial charge in [-0.15, -0.1) is 0 Å². The molecule has 0 aliphatic heterocycles. The number of carboxylic acid groups (broad SMARTS) is 1. The van der Waals surface area contributed by atoms with E-state index in [0.29, 0.717) is 40.9 Å². The lowest BCUT2D eigenvalue weighted by Crippen LogP contribution is -2.43. The second kappa shape index (κ2) is 14.0. The van der Waals surface area contributed by atoms with Crippen LogP contribution in [-0.2, 0) is 31.7 Å². The first-order valence-electron chi connectivity index (χ1n) is 15.4. The molecule has 0 unspecified atom stereocenters. The van der Waals surface area contributed by atoms with E-state index < -0.39 is 46.4 Å². The molecule has 0 bridgehead atoms. The van der Waals surface area contributed by atoms with Crippen LogP contribution in [0, 0.1) is 18.6 Å². The molecule has 5 rings (SSSR count). The first-order chi connectivity index (χ1) is 22.8. The molecule has 1 saturated carbocycles. The number of carbonyl (C=O) groups excluding carboxylic acids is 2. The van der Waals surface area contributed by atoms with Gasteiger partial charge >= 0.3 is 11.7 Å². The topological polar surface area (TPSA) is 152 Å². The maximum atomic E-state index is 15.0. The Morgan fingerprint density at radius 3 is 2.08 bits per heavy atom. The Bertz CT molecular complexity index is 1980. The van der Waals surface area contributed by atoms with Crippen LogP contribution in [0.1, 0.15) is 50.4 Å². The van der Waals surface area contributed by atoms with E-state index in [-0.39, 0.29) is 24.1 Å². The van der Waals surface area contributed by atoms with Crippen molar-refractivity contribution in [1.29, 1.82) is 0 Å².